The summed E-state index contributed by atoms with van der Waals surface area (Å²) in [5, 5.41) is 18.3. The zero-order valence-electron chi connectivity index (χ0n) is 8.17. The van der Waals surface area contributed by atoms with Crippen molar-refractivity contribution in [2.75, 3.05) is 6.54 Å². The van der Waals surface area contributed by atoms with Crippen molar-refractivity contribution >= 4 is 11.9 Å². The van der Waals surface area contributed by atoms with E-state index >= 15 is 0 Å². The van der Waals surface area contributed by atoms with Crippen LogP contribution in [-0.4, -0.2) is 33.8 Å². The molecule has 0 bridgehead atoms. The Labute approximate surface area is 86.5 Å². The summed E-state index contributed by atoms with van der Waals surface area (Å²) >= 11 is 0. The van der Waals surface area contributed by atoms with Crippen LogP contribution in [-0.2, 0) is 0 Å². The number of carboxylic acids is 1. The molecule has 5 nitrogen and oxygen atoms in total. The van der Waals surface area contributed by atoms with E-state index < -0.39 is 11.9 Å². The molecule has 0 atom stereocenters. The smallest absolute Gasteiger partial charge is 0.335 e. The predicted octanol–water partition coefficient (Wildman–Crippen LogP) is 1.24. The molecule has 1 aromatic carbocycles. The molecule has 0 aliphatic carbocycles. The summed E-state index contributed by atoms with van der Waals surface area (Å²) in [4.78, 5) is 21.9. The van der Waals surface area contributed by atoms with E-state index in [1.54, 1.807) is 6.92 Å². The van der Waals surface area contributed by atoms with Gasteiger partial charge in [0.2, 0.25) is 0 Å². The van der Waals surface area contributed by atoms with Crippen molar-refractivity contribution in [1.29, 1.82) is 0 Å². The lowest BCUT2D eigenvalue weighted by molar-refractivity contribution is -0.0541. The van der Waals surface area contributed by atoms with Crippen LogP contribution >= 0.6 is 0 Å². The summed E-state index contributed by atoms with van der Waals surface area (Å²) in [7, 11) is 0. The quantitative estimate of drug-likeness (QED) is 0.579. The second-order valence-corrected chi connectivity index (χ2v) is 2.90. The summed E-state index contributed by atoms with van der Waals surface area (Å²) in [6.07, 6.45) is 0. The van der Waals surface area contributed by atoms with E-state index in [9.17, 15) is 9.59 Å². The van der Waals surface area contributed by atoms with Crippen molar-refractivity contribution in [1.82, 2.24) is 5.06 Å². The summed E-state index contributed by atoms with van der Waals surface area (Å²) in [5.41, 5.74) is 0.358. The molecule has 0 unspecified atom stereocenters. The Hall–Kier alpha value is -1.88. The number of carbonyl (C=O) groups excluding carboxylic acids is 1. The first-order valence-electron chi connectivity index (χ1n) is 4.40. The number of hydrogen-bond donors (Lipinski definition) is 2. The van der Waals surface area contributed by atoms with Crippen molar-refractivity contribution in [3.63, 3.8) is 0 Å². The van der Waals surface area contributed by atoms with Gasteiger partial charge in [0.1, 0.15) is 0 Å². The summed E-state index contributed by atoms with van der Waals surface area (Å²) < 4.78 is 0. The Kier molecular flexibility index (Phi) is 3.41. The standard InChI is InChI=1S/C10H11NO4/c1-2-11(15)9(12)7-3-5-8(6-4-7)10(13)14/h3-6,15H,2H2,1H3,(H,13,14). The fraction of sp³-hybridized carbons (Fsp3) is 0.200. The number of hydroxylamine groups is 2. The topological polar surface area (TPSA) is 77.8 Å². The number of nitrogens with zero attached hydrogens (tertiary/aromatic N) is 1. The maximum atomic E-state index is 11.4. The van der Waals surface area contributed by atoms with Gasteiger partial charge in [0.15, 0.2) is 0 Å². The lowest BCUT2D eigenvalue weighted by Crippen LogP contribution is -2.26. The second-order valence-electron chi connectivity index (χ2n) is 2.90. The number of benzene rings is 1. The molecule has 0 saturated heterocycles. The van der Waals surface area contributed by atoms with E-state index in [0.717, 1.165) is 0 Å². The first-order valence-corrected chi connectivity index (χ1v) is 4.40. The molecule has 0 aliphatic rings. The maximum Gasteiger partial charge on any atom is 0.335 e. The molecular weight excluding hydrogens is 198 g/mol. The number of hydrogen-bond acceptors (Lipinski definition) is 3. The van der Waals surface area contributed by atoms with Crippen LogP contribution in [0.5, 0.6) is 0 Å². The van der Waals surface area contributed by atoms with Crippen LogP contribution in [0.25, 0.3) is 0 Å². The van der Waals surface area contributed by atoms with Gasteiger partial charge < -0.3 is 5.11 Å². The normalized spacial score (nSPS) is 9.73. The molecule has 0 aliphatic heterocycles. The number of amides is 1. The van der Waals surface area contributed by atoms with Crippen molar-refractivity contribution in [3.8, 4) is 0 Å². The Balaban J connectivity index is 2.89. The molecule has 1 amide bonds. The van der Waals surface area contributed by atoms with Crippen LogP contribution in [0.2, 0.25) is 0 Å². The molecule has 0 radical (unpaired) electrons. The molecule has 5 heteroatoms. The van der Waals surface area contributed by atoms with Crippen LogP contribution in [0.15, 0.2) is 24.3 Å². The molecule has 2 N–H and O–H groups in total. The fourth-order valence-electron chi connectivity index (χ4n) is 1.05. The average Bonchev–Trinajstić information content (AvgIpc) is 2.27. The second kappa shape index (κ2) is 4.56. The van der Waals surface area contributed by atoms with Gasteiger partial charge in [0.05, 0.1) is 5.56 Å². The Morgan fingerprint density at radius 3 is 2.07 bits per heavy atom. The molecule has 0 fully saturated rings. The van der Waals surface area contributed by atoms with Crippen LogP contribution in [0.1, 0.15) is 27.6 Å². The minimum Gasteiger partial charge on any atom is -0.478 e. The predicted molar refractivity (Wildman–Crippen MR) is 51.9 cm³/mol. The SMILES string of the molecule is CCN(O)C(=O)c1ccc(C(=O)O)cc1. The van der Waals surface area contributed by atoms with E-state index in [1.165, 1.54) is 24.3 Å². The molecule has 1 aromatic rings. The van der Waals surface area contributed by atoms with Gasteiger partial charge in [0, 0.05) is 12.1 Å². The molecule has 0 saturated carbocycles. The Morgan fingerprint density at radius 2 is 1.67 bits per heavy atom. The first-order chi connectivity index (χ1) is 7.06. The van der Waals surface area contributed by atoms with Gasteiger partial charge in [-0.1, -0.05) is 0 Å². The Morgan fingerprint density at radius 1 is 1.20 bits per heavy atom. The van der Waals surface area contributed by atoms with E-state index in [1.807, 2.05) is 0 Å². The minimum absolute atomic E-state index is 0.104. The van der Waals surface area contributed by atoms with Gasteiger partial charge in [-0.05, 0) is 31.2 Å². The summed E-state index contributed by atoms with van der Waals surface area (Å²) in [5.74, 6) is -1.60. The van der Waals surface area contributed by atoms with Crippen LogP contribution in [0, 0.1) is 0 Å². The molecular formula is C10H11NO4. The summed E-state index contributed by atoms with van der Waals surface area (Å²) in [6.45, 7) is 1.81. The van der Waals surface area contributed by atoms with Gasteiger partial charge in [-0.15, -0.1) is 0 Å². The van der Waals surface area contributed by atoms with E-state index in [0.29, 0.717) is 5.06 Å². The monoisotopic (exact) mass is 209 g/mol. The van der Waals surface area contributed by atoms with Crippen LogP contribution in [0.4, 0.5) is 0 Å². The van der Waals surface area contributed by atoms with Crippen molar-refractivity contribution in [2.45, 2.75) is 6.92 Å². The van der Waals surface area contributed by atoms with Crippen molar-refractivity contribution in [3.05, 3.63) is 35.4 Å². The van der Waals surface area contributed by atoms with Gasteiger partial charge in [-0.2, -0.15) is 0 Å². The highest BCUT2D eigenvalue weighted by atomic mass is 16.5. The van der Waals surface area contributed by atoms with Gasteiger partial charge in [-0.25, -0.2) is 9.86 Å². The maximum absolute atomic E-state index is 11.4. The third-order valence-corrected chi connectivity index (χ3v) is 1.91. The molecule has 0 aromatic heterocycles. The van der Waals surface area contributed by atoms with Crippen molar-refractivity contribution < 1.29 is 19.9 Å². The molecule has 1 rings (SSSR count). The Bertz CT molecular complexity index is 372. The van der Waals surface area contributed by atoms with E-state index in [-0.39, 0.29) is 17.7 Å². The third-order valence-electron chi connectivity index (χ3n) is 1.91. The third kappa shape index (κ3) is 2.54. The molecule has 0 heterocycles. The average molecular weight is 209 g/mol. The number of rotatable bonds is 3. The van der Waals surface area contributed by atoms with Gasteiger partial charge in [0.25, 0.3) is 5.91 Å². The highest BCUT2D eigenvalue weighted by Gasteiger charge is 2.12. The highest BCUT2D eigenvalue weighted by Crippen LogP contribution is 2.06. The van der Waals surface area contributed by atoms with Gasteiger partial charge >= 0.3 is 5.97 Å². The number of aromatic carboxylic acids is 1. The van der Waals surface area contributed by atoms with Gasteiger partial charge in [-0.3, -0.25) is 10.0 Å². The number of carboxylic acid groups (broad SMARTS) is 1. The zero-order chi connectivity index (χ0) is 11.4. The van der Waals surface area contributed by atoms with Crippen LogP contribution < -0.4 is 0 Å². The van der Waals surface area contributed by atoms with Crippen LogP contribution in [0.3, 0.4) is 0 Å². The first kappa shape index (κ1) is 11.2. The number of carbonyl (C=O) groups is 2. The highest BCUT2D eigenvalue weighted by molar-refractivity contribution is 5.95. The molecule has 80 valence electrons. The zero-order valence-corrected chi connectivity index (χ0v) is 8.17. The van der Waals surface area contributed by atoms with Crippen molar-refractivity contribution in [2.24, 2.45) is 0 Å². The molecule has 15 heavy (non-hydrogen) atoms. The minimum atomic E-state index is -1.05. The lowest BCUT2D eigenvalue weighted by Gasteiger charge is -2.11. The summed E-state index contributed by atoms with van der Waals surface area (Å²) in [6, 6.07) is 5.37. The fourth-order valence-corrected chi connectivity index (χ4v) is 1.05. The van der Waals surface area contributed by atoms with E-state index in [2.05, 4.69) is 0 Å². The molecule has 0 spiro atoms. The lowest BCUT2D eigenvalue weighted by atomic mass is 10.1. The van der Waals surface area contributed by atoms with E-state index in [4.69, 9.17) is 10.3 Å². The largest absolute Gasteiger partial charge is 0.478 e.